The summed E-state index contributed by atoms with van der Waals surface area (Å²) in [5.41, 5.74) is 2.33. The molecule has 1 fully saturated rings. The molecule has 0 aromatic heterocycles. The minimum atomic E-state index is -0.0587. The van der Waals surface area contributed by atoms with Gasteiger partial charge in [-0.2, -0.15) is 10.4 Å². The molecule has 0 unspecified atom stereocenters. The minimum absolute atomic E-state index is 0.0587. The van der Waals surface area contributed by atoms with Crippen molar-refractivity contribution in [3.8, 4) is 6.07 Å². The standard InChI is InChI=1S/C12H10N4OS/c1-8-9(5-13)3-2-4-10(8)6-14-16-12-15-11(17)7-18-12/h2-4,6H,7H2,1H3,(H,15,16,17). The van der Waals surface area contributed by atoms with E-state index in [2.05, 4.69) is 21.6 Å². The van der Waals surface area contributed by atoms with Gasteiger partial charge in [0.15, 0.2) is 5.17 Å². The van der Waals surface area contributed by atoms with Crippen LogP contribution in [0.1, 0.15) is 16.7 Å². The third-order valence-corrected chi connectivity index (χ3v) is 3.29. The van der Waals surface area contributed by atoms with E-state index >= 15 is 0 Å². The number of thioether (sulfide) groups is 1. The predicted octanol–water partition coefficient (Wildman–Crippen LogP) is 1.42. The molecule has 6 heteroatoms. The molecule has 0 saturated carbocycles. The quantitative estimate of drug-likeness (QED) is 0.643. The Balaban J connectivity index is 2.15. The topological polar surface area (TPSA) is 77.6 Å². The van der Waals surface area contributed by atoms with Gasteiger partial charge >= 0.3 is 0 Å². The molecule has 1 aliphatic rings. The van der Waals surface area contributed by atoms with Crippen molar-refractivity contribution in [3.05, 3.63) is 34.9 Å². The van der Waals surface area contributed by atoms with Gasteiger partial charge in [0.2, 0.25) is 5.91 Å². The van der Waals surface area contributed by atoms with Gasteiger partial charge in [-0.1, -0.05) is 23.9 Å². The Hall–Kier alpha value is -2.13. The Morgan fingerprint density at radius 3 is 3.06 bits per heavy atom. The van der Waals surface area contributed by atoms with Crippen LogP contribution >= 0.6 is 11.8 Å². The lowest BCUT2D eigenvalue weighted by Gasteiger charge is -2.00. The van der Waals surface area contributed by atoms with Crippen molar-refractivity contribution < 1.29 is 4.79 Å². The maximum atomic E-state index is 10.9. The van der Waals surface area contributed by atoms with Crippen LogP contribution < -0.4 is 5.32 Å². The number of nitrogens with zero attached hydrogens (tertiary/aromatic N) is 3. The van der Waals surface area contributed by atoms with Crippen LogP contribution in [0.4, 0.5) is 0 Å². The molecular weight excluding hydrogens is 248 g/mol. The summed E-state index contributed by atoms with van der Waals surface area (Å²) in [5.74, 6) is 0.328. The molecule has 0 radical (unpaired) electrons. The van der Waals surface area contributed by atoms with Crippen LogP contribution in [-0.4, -0.2) is 23.0 Å². The van der Waals surface area contributed by atoms with Crippen molar-refractivity contribution in [1.29, 1.82) is 5.26 Å². The second-order valence-corrected chi connectivity index (χ2v) is 4.58. The SMILES string of the molecule is Cc1c(C#N)cccc1C=NN=C1NC(=O)CS1. The van der Waals surface area contributed by atoms with E-state index in [-0.39, 0.29) is 5.91 Å². The lowest BCUT2D eigenvalue weighted by molar-refractivity contribution is -0.116. The fourth-order valence-corrected chi connectivity index (χ4v) is 2.07. The molecule has 1 aromatic carbocycles. The van der Waals surface area contributed by atoms with Crippen molar-refractivity contribution in [2.45, 2.75) is 6.92 Å². The molecule has 1 N–H and O–H groups in total. The van der Waals surface area contributed by atoms with Gasteiger partial charge in [-0.05, 0) is 24.1 Å². The Morgan fingerprint density at radius 2 is 2.39 bits per heavy atom. The van der Waals surface area contributed by atoms with Gasteiger partial charge < -0.3 is 5.32 Å². The first-order chi connectivity index (χ1) is 8.70. The molecule has 1 aliphatic heterocycles. The lowest BCUT2D eigenvalue weighted by Crippen LogP contribution is -2.19. The number of carbonyl (C=O) groups excluding carboxylic acids is 1. The van der Waals surface area contributed by atoms with E-state index in [1.165, 1.54) is 11.8 Å². The van der Waals surface area contributed by atoms with Gasteiger partial charge in [-0.25, -0.2) is 0 Å². The van der Waals surface area contributed by atoms with E-state index in [9.17, 15) is 4.79 Å². The highest BCUT2D eigenvalue weighted by atomic mass is 32.2. The number of nitriles is 1. The van der Waals surface area contributed by atoms with E-state index in [0.717, 1.165) is 11.1 Å². The number of carbonyl (C=O) groups is 1. The van der Waals surface area contributed by atoms with Crippen LogP contribution in [0.15, 0.2) is 28.4 Å². The molecule has 1 heterocycles. The maximum absolute atomic E-state index is 10.9. The number of nitrogens with one attached hydrogen (secondary N) is 1. The molecule has 90 valence electrons. The molecule has 0 aliphatic carbocycles. The van der Waals surface area contributed by atoms with Crippen LogP contribution in [0.3, 0.4) is 0 Å². The van der Waals surface area contributed by atoms with Gasteiger partial charge in [-0.15, -0.1) is 5.10 Å². The van der Waals surface area contributed by atoms with Crippen molar-refractivity contribution >= 4 is 29.1 Å². The molecule has 0 bridgehead atoms. The highest BCUT2D eigenvalue weighted by Crippen LogP contribution is 2.11. The maximum Gasteiger partial charge on any atom is 0.236 e. The average Bonchev–Trinajstić information content (AvgIpc) is 2.77. The van der Waals surface area contributed by atoms with Gasteiger partial charge in [0.25, 0.3) is 0 Å². The number of amides is 1. The summed E-state index contributed by atoms with van der Waals surface area (Å²) in [6.45, 7) is 1.86. The number of hydrogen-bond donors (Lipinski definition) is 1. The minimum Gasteiger partial charge on any atom is -0.303 e. The summed E-state index contributed by atoms with van der Waals surface area (Å²) < 4.78 is 0. The van der Waals surface area contributed by atoms with Gasteiger partial charge in [-0.3, -0.25) is 4.79 Å². The Morgan fingerprint density at radius 1 is 1.56 bits per heavy atom. The number of benzene rings is 1. The summed E-state index contributed by atoms with van der Waals surface area (Å²) in [4.78, 5) is 10.9. The summed E-state index contributed by atoms with van der Waals surface area (Å²) in [6, 6.07) is 7.53. The van der Waals surface area contributed by atoms with Crippen molar-refractivity contribution in [2.24, 2.45) is 10.2 Å². The first kappa shape index (κ1) is 12.3. The van der Waals surface area contributed by atoms with Crippen LogP contribution in [0.2, 0.25) is 0 Å². The zero-order chi connectivity index (χ0) is 13.0. The second-order valence-electron chi connectivity index (χ2n) is 3.62. The average molecular weight is 258 g/mol. The number of amidine groups is 1. The van der Waals surface area contributed by atoms with Crippen molar-refractivity contribution in [2.75, 3.05) is 5.75 Å². The van der Waals surface area contributed by atoms with Crippen molar-refractivity contribution in [1.82, 2.24) is 5.32 Å². The molecule has 1 amide bonds. The number of rotatable bonds is 2. The molecule has 2 rings (SSSR count). The molecule has 0 atom stereocenters. The smallest absolute Gasteiger partial charge is 0.236 e. The molecule has 5 nitrogen and oxygen atoms in total. The zero-order valence-corrected chi connectivity index (χ0v) is 10.5. The van der Waals surface area contributed by atoms with E-state index < -0.39 is 0 Å². The van der Waals surface area contributed by atoms with Crippen LogP contribution in [0.25, 0.3) is 0 Å². The van der Waals surface area contributed by atoms with E-state index in [0.29, 0.717) is 16.5 Å². The Labute approximate surface area is 109 Å². The van der Waals surface area contributed by atoms with Gasteiger partial charge in [0.05, 0.1) is 23.6 Å². The van der Waals surface area contributed by atoms with Gasteiger partial charge in [0.1, 0.15) is 0 Å². The second kappa shape index (κ2) is 5.47. The lowest BCUT2D eigenvalue weighted by atomic mass is 10.0. The molecule has 18 heavy (non-hydrogen) atoms. The summed E-state index contributed by atoms with van der Waals surface area (Å²) >= 11 is 1.32. The van der Waals surface area contributed by atoms with Crippen LogP contribution in [0, 0.1) is 18.3 Å². The molecule has 0 spiro atoms. The first-order valence-corrected chi connectivity index (χ1v) is 6.22. The third-order valence-electron chi connectivity index (χ3n) is 2.43. The van der Waals surface area contributed by atoms with Crippen LogP contribution in [0.5, 0.6) is 0 Å². The molecule has 1 aromatic rings. The van der Waals surface area contributed by atoms with Crippen molar-refractivity contribution in [3.63, 3.8) is 0 Å². The van der Waals surface area contributed by atoms with Crippen LogP contribution in [-0.2, 0) is 4.79 Å². The summed E-state index contributed by atoms with van der Waals surface area (Å²) in [6.07, 6.45) is 1.58. The Kier molecular flexibility index (Phi) is 3.75. The third kappa shape index (κ3) is 2.76. The zero-order valence-electron chi connectivity index (χ0n) is 9.67. The highest BCUT2D eigenvalue weighted by Gasteiger charge is 2.15. The Bertz CT molecular complexity index is 586. The predicted molar refractivity (Wildman–Crippen MR) is 71.5 cm³/mol. The summed E-state index contributed by atoms with van der Waals surface area (Å²) in [5, 5.41) is 19.8. The normalized spacial score (nSPS) is 17.1. The van der Waals surface area contributed by atoms with E-state index in [1.807, 2.05) is 13.0 Å². The van der Waals surface area contributed by atoms with Gasteiger partial charge in [0, 0.05) is 0 Å². The first-order valence-electron chi connectivity index (χ1n) is 5.24. The van der Waals surface area contributed by atoms with E-state index in [1.54, 1.807) is 18.3 Å². The molecular formula is C12H10N4OS. The highest BCUT2D eigenvalue weighted by molar-refractivity contribution is 8.15. The molecule has 1 saturated heterocycles. The largest absolute Gasteiger partial charge is 0.303 e. The van der Waals surface area contributed by atoms with E-state index in [4.69, 9.17) is 5.26 Å². The summed E-state index contributed by atoms with van der Waals surface area (Å²) in [7, 11) is 0. The fourth-order valence-electron chi connectivity index (χ4n) is 1.44. The number of hydrogen-bond acceptors (Lipinski definition) is 5. The fraction of sp³-hybridized carbons (Fsp3) is 0.167. The monoisotopic (exact) mass is 258 g/mol.